The van der Waals surface area contributed by atoms with Crippen molar-refractivity contribution >= 4 is 11.5 Å². The maximum atomic E-state index is 14.5. The molecule has 3 aliphatic rings. The number of carbonyl (C=O) groups excluding carboxylic acids is 1. The van der Waals surface area contributed by atoms with Crippen LogP contribution in [-0.2, 0) is 11.3 Å². The van der Waals surface area contributed by atoms with Crippen LogP contribution < -0.4 is 31.9 Å². The molecule has 2 heterocycles. The third-order valence-corrected chi connectivity index (χ3v) is 7.49. The first-order valence-corrected chi connectivity index (χ1v) is 12.9. The van der Waals surface area contributed by atoms with Gasteiger partial charge in [0.2, 0.25) is 5.91 Å². The zero-order valence-corrected chi connectivity index (χ0v) is 22.0. The molecule has 1 amide bonds. The molecule has 0 saturated heterocycles. The van der Waals surface area contributed by atoms with Gasteiger partial charge < -0.3 is 31.1 Å². The summed E-state index contributed by atoms with van der Waals surface area (Å²) < 4.78 is 14.5. The van der Waals surface area contributed by atoms with Crippen molar-refractivity contribution in [2.75, 3.05) is 41.8 Å². The van der Waals surface area contributed by atoms with Crippen molar-refractivity contribution in [2.45, 2.75) is 50.7 Å². The molecule has 1 fully saturated rings. The zero-order chi connectivity index (χ0) is 25.8. The van der Waals surface area contributed by atoms with Crippen molar-refractivity contribution in [1.29, 1.82) is 0 Å². The lowest BCUT2D eigenvalue weighted by atomic mass is 10.0. The summed E-state index contributed by atoms with van der Waals surface area (Å²) in [5, 5.41) is 19.5. The molecule has 1 aliphatic carbocycles. The number of nitrogens with one attached hydrogen (secondary N) is 6. The minimum absolute atomic E-state index is 0.143. The molecule has 0 spiro atoms. The summed E-state index contributed by atoms with van der Waals surface area (Å²) in [5.41, 5.74) is 3.32. The Labute approximate surface area is 213 Å². The summed E-state index contributed by atoms with van der Waals surface area (Å²) in [7, 11) is 9.69. The van der Waals surface area contributed by atoms with Gasteiger partial charge in [-0.15, -0.1) is 0 Å². The van der Waals surface area contributed by atoms with E-state index in [4.69, 9.17) is 0 Å². The number of hydrogen-bond acceptors (Lipinski definition) is 8. The Morgan fingerprint density at radius 1 is 1.14 bits per heavy atom. The second-order valence-electron chi connectivity index (χ2n) is 9.94. The van der Waals surface area contributed by atoms with Gasteiger partial charge in [0.05, 0.1) is 5.70 Å². The normalized spacial score (nSPS) is 24.7. The quantitative estimate of drug-likeness (QED) is 0.297. The van der Waals surface area contributed by atoms with E-state index in [1.165, 1.54) is 37.8 Å². The molecular weight excluding hydrogens is 459 g/mol. The molecule has 0 radical (unpaired) electrons. The van der Waals surface area contributed by atoms with E-state index in [-0.39, 0.29) is 30.7 Å². The maximum absolute atomic E-state index is 14.5. The molecular formula is C26H41FN8O. The summed E-state index contributed by atoms with van der Waals surface area (Å²) in [5.74, 6) is 1.13. The molecule has 198 valence electrons. The number of nitrogens with zero attached hydrogens (tertiary/aromatic N) is 2. The SMILES string of the molecule is CN/C=C(\CNC)c1cc(F)cc(CNC(=O)C2NC(NC)N(C)C3=C2NC(C2CCCC2)N3C)c1. The van der Waals surface area contributed by atoms with E-state index < -0.39 is 6.04 Å². The highest BCUT2D eigenvalue weighted by Crippen LogP contribution is 2.36. The largest absolute Gasteiger partial charge is 0.394 e. The monoisotopic (exact) mass is 500 g/mol. The predicted octanol–water partition coefficient (Wildman–Crippen LogP) is 0.849. The summed E-state index contributed by atoms with van der Waals surface area (Å²) in [6, 6.07) is 4.37. The minimum Gasteiger partial charge on any atom is -0.394 e. The zero-order valence-electron chi connectivity index (χ0n) is 22.0. The first-order valence-electron chi connectivity index (χ1n) is 12.9. The highest BCUT2D eigenvalue weighted by Gasteiger charge is 2.45. The van der Waals surface area contributed by atoms with Crippen molar-refractivity contribution in [3.63, 3.8) is 0 Å². The second kappa shape index (κ2) is 11.5. The molecule has 2 aliphatic heterocycles. The van der Waals surface area contributed by atoms with E-state index in [0.717, 1.165) is 22.7 Å². The summed E-state index contributed by atoms with van der Waals surface area (Å²) in [6.45, 7) is 0.831. The topological polar surface area (TPSA) is 95.7 Å². The summed E-state index contributed by atoms with van der Waals surface area (Å²) in [6.07, 6.45) is 6.76. The molecule has 0 bridgehead atoms. The number of rotatable bonds is 9. The number of benzene rings is 1. The molecule has 3 atom stereocenters. The maximum Gasteiger partial charge on any atom is 0.243 e. The molecule has 1 aromatic rings. The Morgan fingerprint density at radius 2 is 1.89 bits per heavy atom. The molecule has 10 heteroatoms. The highest BCUT2D eigenvalue weighted by molar-refractivity contribution is 5.85. The molecule has 0 aromatic heterocycles. The minimum atomic E-state index is -0.542. The summed E-state index contributed by atoms with van der Waals surface area (Å²) >= 11 is 0. The molecule has 9 nitrogen and oxygen atoms in total. The van der Waals surface area contributed by atoms with E-state index in [1.807, 2.05) is 40.5 Å². The first-order chi connectivity index (χ1) is 17.4. The van der Waals surface area contributed by atoms with Gasteiger partial charge in [0, 0.05) is 40.4 Å². The van der Waals surface area contributed by atoms with Crippen molar-refractivity contribution in [1.82, 2.24) is 41.7 Å². The third-order valence-electron chi connectivity index (χ3n) is 7.49. The third kappa shape index (κ3) is 5.30. The standard InChI is InChI=1S/C26H41FN8O/c1-28-14-19(15-29-2)18-10-16(11-20(27)12-18)13-31-24(36)21-22-25(35(5)26(30-3)33-21)34(4)23(32-22)17-8-6-7-9-17/h10-12,14,17,21,23,26,28-30,32-33H,6-9,13,15H2,1-5H3,(H,31,36)/b19-14+. The van der Waals surface area contributed by atoms with E-state index >= 15 is 0 Å². The average Bonchev–Trinajstić information content (AvgIpc) is 3.51. The van der Waals surface area contributed by atoms with Crippen LogP contribution in [0.5, 0.6) is 0 Å². The van der Waals surface area contributed by atoms with Gasteiger partial charge in [0.25, 0.3) is 0 Å². The van der Waals surface area contributed by atoms with Gasteiger partial charge in [-0.05, 0) is 67.8 Å². The van der Waals surface area contributed by atoms with Crippen LogP contribution in [0.1, 0.15) is 36.8 Å². The summed E-state index contributed by atoms with van der Waals surface area (Å²) in [4.78, 5) is 17.9. The van der Waals surface area contributed by atoms with Crippen molar-refractivity contribution in [3.8, 4) is 0 Å². The smallest absolute Gasteiger partial charge is 0.243 e. The van der Waals surface area contributed by atoms with Crippen LogP contribution in [0, 0.1) is 11.7 Å². The van der Waals surface area contributed by atoms with Crippen LogP contribution >= 0.6 is 0 Å². The number of amides is 1. The van der Waals surface area contributed by atoms with Gasteiger partial charge in [0.15, 0.2) is 0 Å². The van der Waals surface area contributed by atoms with E-state index in [1.54, 1.807) is 0 Å². The Morgan fingerprint density at radius 3 is 2.56 bits per heavy atom. The second-order valence-corrected chi connectivity index (χ2v) is 9.94. The van der Waals surface area contributed by atoms with Crippen LogP contribution in [0.4, 0.5) is 4.39 Å². The van der Waals surface area contributed by atoms with Gasteiger partial charge in [-0.3, -0.25) is 15.4 Å². The van der Waals surface area contributed by atoms with Crippen molar-refractivity contribution in [3.05, 3.63) is 52.9 Å². The molecule has 3 unspecified atom stereocenters. The Balaban J connectivity index is 1.52. The predicted molar refractivity (Wildman–Crippen MR) is 140 cm³/mol. The number of likely N-dealkylation sites (N-methyl/N-ethyl adjacent to an activating group) is 1. The Hall–Kier alpha value is -2.82. The highest BCUT2D eigenvalue weighted by atomic mass is 19.1. The van der Waals surface area contributed by atoms with E-state index in [9.17, 15) is 9.18 Å². The van der Waals surface area contributed by atoms with Gasteiger partial charge in [0.1, 0.15) is 30.1 Å². The van der Waals surface area contributed by atoms with E-state index in [2.05, 4.69) is 48.7 Å². The molecule has 1 aromatic carbocycles. The van der Waals surface area contributed by atoms with Gasteiger partial charge in [-0.2, -0.15) is 0 Å². The fraction of sp³-hybridized carbons (Fsp3) is 0.577. The average molecular weight is 501 g/mol. The van der Waals surface area contributed by atoms with Crippen LogP contribution in [-0.4, -0.2) is 76.0 Å². The van der Waals surface area contributed by atoms with Crippen molar-refractivity contribution < 1.29 is 9.18 Å². The fourth-order valence-corrected chi connectivity index (χ4v) is 5.79. The van der Waals surface area contributed by atoms with Gasteiger partial charge in [-0.1, -0.05) is 12.8 Å². The molecule has 36 heavy (non-hydrogen) atoms. The number of halogens is 1. The lowest BCUT2D eigenvalue weighted by Crippen LogP contribution is -2.63. The van der Waals surface area contributed by atoms with Crippen molar-refractivity contribution in [2.24, 2.45) is 5.92 Å². The van der Waals surface area contributed by atoms with Gasteiger partial charge in [-0.25, -0.2) is 4.39 Å². The molecule has 4 rings (SSSR count). The number of carbonyl (C=O) groups is 1. The van der Waals surface area contributed by atoms with Crippen LogP contribution in [0.25, 0.3) is 5.57 Å². The van der Waals surface area contributed by atoms with Gasteiger partial charge >= 0.3 is 0 Å². The lowest BCUT2D eigenvalue weighted by molar-refractivity contribution is -0.123. The Bertz CT molecular complexity index is 1010. The molecule has 6 N–H and O–H groups in total. The molecule has 1 saturated carbocycles. The number of hydrogen-bond donors (Lipinski definition) is 6. The lowest BCUT2D eigenvalue weighted by Gasteiger charge is -2.41. The Kier molecular flexibility index (Phi) is 8.38. The van der Waals surface area contributed by atoms with Crippen LogP contribution in [0.2, 0.25) is 0 Å². The fourth-order valence-electron chi connectivity index (χ4n) is 5.79. The first kappa shape index (κ1) is 26.2. The van der Waals surface area contributed by atoms with E-state index in [0.29, 0.717) is 18.0 Å². The van der Waals surface area contributed by atoms with Crippen LogP contribution in [0.3, 0.4) is 0 Å². The van der Waals surface area contributed by atoms with Crippen LogP contribution in [0.15, 0.2) is 35.9 Å².